The number of carbonyl (C=O) groups excluding carboxylic acids is 3. The first-order chi connectivity index (χ1) is 14.9. The number of benzene rings is 2. The lowest BCUT2D eigenvalue weighted by Crippen LogP contribution is -2.10. The second-order valence-corrected chi connectivity index (χ2v) is 6.75. The van der Waals surface area contributed by atoms with Crippen LogP contribution in [0.3, 0.4) is 0 Å². The van der Waals surface area contributed by atoms with E-state index in [0.29, 0.717) is 47.6 Å². The van der Waals surface area contributed by atoms with Crippen molar-refractivity contribution in [3.63, 3.8) is 0 Å². The van der Waals surface area contributed by atoms with Crippen LogP contribution < -0.4 is 9.47 Å². The molecule has 0 aliphatic heterocycles. The summed E-state index contributed by atoms with van der Waals surface area (Å²) in [6.45, 7) is 5.38. The quantitative estimate of drug-likeness (QED) is 0.243. The summed E-state index contributed by atoms with van der Waals surface area (Å²) in [6.07, 6.45) is 2.22. The third-order valence-corrected chi connectivity index (χ3v) is 4.12. The average Bonchev–Trinajstić information content (AvgIpc) is 2.76. The topological polar surface area (TPSA) is 103 Å². The maximum Gasteiger partial charge on any atom is 0.343 e. The summed E-state index contributed by atoms with van der Waals surface area (Å²) in [5.74, 6) is -0.699. The summed E-state index contributed by atoms with van der Waals surface area (Å²) < 4.78 is 15.5. The molecule has 0 amide bonds. The molecule has 0 aliphatic rings. The number of hydrogen-bond donors (Lipinski definition) is 0. The van der Waals surface area contributed by atoms with Crippen LogP contribution in [0.1, 0.15) is 48.5 Å². The van der Waals surface area contributed by atoms with Crippen LogP contribution in [0.25, 0.3) is 0 Å². The van der Waals surface area contributed by atoms with Crippen molar-refractivity contribution in [2.75, 3.05) is 6.61 Å². The van der Waals surface area contributed by atoms with Crippen LogP contribution in [-0.4, -0.2) is 24.5 Å². The predicted octanol–water partition coefficient (Wildman–Crippen LogP) is 4.36. The molecule has 0 atom stereocenters. The van der Waals surface area contributed by atoms with Gasteiger partial charge in [-0.05, 0) is 74.7 Å². The van der Waals surface area contributed by atoms with Crippen LogP contribution in [0.15, 0.2) is 60.7 Å². The lowest BCUT2D eigenvalue weighted by Gasteiger charge is -2.07. The van der Waals surface area contributed by atoms with E-state index >= 15 is 0 Å². The van der Waals surface area contributed by atoms with Gasteiger partial charge in [-0.25, -0.2) is 9.59 Å². The molecule has 2 aromatic rings. The van der Waals surface area contributed by atoms with Gasteiger partial charge in [-0.1, -0.05) is 6.58 Å². The molecule has 0 spiro atoms. The monoisotopic (exact) mass is 421 g/mol. The first-order valence-electron chi connectivity index (χ1n) is 9.75. The standard InChI is InChI=1S/C24H23NO6/c1-17(2)23(27)29-15-5-3-4-6-22(26)30-20-13-9-19(10-14-20)24(28)31-21-11-7-18(16-25)8-12-21/h7-14H,1,3-6,15H2,2H3. The highest BCUT2D eigenvalue weighted by Gasteiger charge is 2.11. The van der Waals surface area contributed by atoms with Gasteiger partial charge in [0.05, 0.1) is 23.8 Å². The van der Waals surface area contributed by atoms with Gasteiger partial charge < -0.3 is 14.2 Å². The molecule has 0 aromatic heterocycles. The van der Waals surface area contributed by atoms with E-state index < -0.39 is 11.9 Å². The highest BCUT2D eigenvalue weighted by atomic mass is 16.5. The van der Waals surface area contributed by atoms with Gasteiger partial charge in [-0.15, -0.1) is 0 Å². The molecule has 0 unspecified atom stereocenters. The largest absolute Gasteiger partial charge is 0.462 e. The van der Waals surface area contributed by atoms with Crippen molar-refractivity contribution in [2.24, 2.45) is 0 Å². The number of hydrogen-bond acceptors (Lipinski definition) is 7. The van der Waals surface area contributed by atoms with Gasteiger partial charge >= 0.3 is 17.9 Å². The van der Waals surface area contributed by atoms with Crippen molar-refractivity contribution >= 4 is 17.9 Å². The van der Waals surface area contributed by atoms with Gasteiger partial charge in [0.25, 0.3) is 0 Å². The van der Waals surface area contributed by atoms with E-state index in [-0.39, 0.29) is 12.4 Å². The number of esters is 3. The van der Waals surface area contributed by atoms with Gasteiger partial charge in [0.15, 0.2) is 0 Å². The molecule has 0 radical (unpaired) electrons. The lowest BCUT2D eigenvalue weighted by molar-refractivity contribution is -0.139. The zero-order valence-electron chi connectivity index (χ0n) is 17.3. The fraction of sp³-hybridized carbons (Fsp3) is 0.250. The minimum Gasteiger partial charge on any atom is -0.462 e. The molecule has 0 fully saturated rings. The summed E-state index contributed by atoms with van der Waals surface area (Å²) >= 11 is 0. The van der Waals surface area contributed by atoms with Crippen LogP contribution in [-0.2, 0) is 14.3 Å². The van der Waals surface area contributed by atoms with E-state index in [2.05, 4.69) is 6.58 Å². The van der Waals surface area contributed by atoms with E-state index in [0.717, 1.165) is 6.42 Å². The number of unbranched alkanes of at least 4 members (excludes halogenated alkanes) is 2. The summed E-state index contributed by atoms with van der Waals surface area (Å²) in [7, 11) is 0. The number of nitriles is 1. The molecule has 0 N–H and O–H groups in total. The van der Waals surface area contributed by atoms with Gasteiger partial charge in [0, 0.05) is 12.0 Å². The van der Waals surface area contributed by atoms with Crippen LogP contribution in [0.4, 0.5) is 0 Å². The van der Waals surface area contributed by atoms with Crippen molar-refractivity contribution in [2.45, 2.75) is 32.6 Å². The van der Waals surface area contributed by atoms with Gasteiger partial charge in [0.1, 0.15) is 11.5 Å². The second-order valence-electron chi connectivity index (χ2n) is 6.75. The van der Waals surface area contributed by atoms with E-state index in [1.807, 2.05) is 6.07 Å². The van der Waals surface area contributed by atoms with E-state index in [1.165, 1.54) is 36.4 Å². The van der Waals surface area contributed by atoms with Gasteiger partial charge in [-0.3, -0.25) is 4.79 Å². The Kier molecular flexibility index (Phi) is 8.99. The third-order valence-electron chi connectivity index (χ3n) is 4.12. The van der Waals surface area contributed by atoms with Crippen LogP contribution in [0, 0.1) is 11.3 Å². The first-order valence-corrected chi connectivity index (χ1v) is 9.75. The highest BCUT2D eigenvalue weighted by Crippen LogP contribution is 2.17. The number of nitrogens with zero attached hydrogens (tertiary/aromatic N) is 1. The lowest BCUT2D eigenvalue weighted by atomic mass is 10.2. The molecule has 2 rings (SSSR count). The average molecular weight is 421 g/mol. The maximum atomic E-state index is 12.2. The number of rotatable bonds is 10. The Morgan fingerprint density at radius 2 is 1.52 bits per heavy atom. The number of carbonyl (C=O) groups is 3. The molecule has 160 valence electrons. The van der Waals surface area contributed by atoms with Crippen LogP contribution in [0.2, 0.25) is 0 Å². The predicted molar refractivity (Wildman–Crippen MR) is 112 cm³/mol. The van der Waals surface area contributed by atoms with E-state index in [4.69, 9.17) is 19.5 Å². The second kappa shape index (κ2) is 11.9. The van der Waals surface area contributed by atoms with E-state index in [1.54, 1.807) is 19.1 Å². The molecular weight excluding hydrogens is 398 g/mol. The maximum absolute atomic E-state index is 12.2. The zero-order valence-corrected chi connectivity index (χ0v) is 17.3. The Morgan fingerprint density at radius 1 is 0.903 bits per heavy atom. The fourth-order valence-electron chi connectivity index (χ4n) is 2.44. The Bertz CT molecular complexity index is 971. The van der Waals surface area contributed by atoms with Gasteiger partial charge in [0.2, 0.25) is 0 Å². The molecule has 0 aliphatic carbocycles. The molecule has 2 aromatic carbocycles. The van der Waals surface area contributed by atoms with Crippen LogP contribution >= 0.6 is 0 Å². The molecule has 0 saturated carbocycles. The minimum absolute atomic E-state index is 0.233. The van der Waals surface area contributed by atoms with Crippen molar-refractivity contribution in [3.05, 3.63) is 71.8 Å². The highest BCUT2D eigenvalue weighted by molar-refractivity contribution is 5.91. The van der Waals surface area contributed by atoms with E-state index in [9.17, 15) is 14.4 Å². The number of ether oxygens (including phenoxy) is 3. The Hall–Kier alpha value is -3.92. The molecule has 0 bridgehead atoms. The van der Waals surface area contributed by atoms with Crippen molar-refractivity contribution in [1.29, 1.82) is 5.26 Å². The van der Waals surface area contributed by atoms with Crippen molar-refractivity contribution < 1.29 is 28.6 Å². The Balaban J connectivity index is 1.71. The molecule has 7 heteroatoms. The smallest absolute Gasteiger partial charge is 0.343 e. The van der Waals surface area contributed by atoms with Crippen LogP contribution in [0.5, 0.6) is 11.5 Å². The minimum atomic E-state index is -0.560. The molecule has 7 nitrogen and oxygen atoms in total. The van der Waals surface area contributed by atoms with Crippen molar-refractivity contribution in [3.8, 4) is 17.6 Å². The van der Waals surface area contributed by atoms with Crippen molar-refractivity contribution in [1.82, 2.24) is 0 Å². The summed E-state index contributed by atoms with van der Waals surface area (Å²) in [6, 6.07) is 14.2. The molecule has 0 heterocycles. The summed E-state index contributed by atoms with van der Waals surface area (Å²) in [5.41, 5.74) is 1.13. The molecule has 31 heavy (non-hydrogen) atoms. The Labute approximate surface area is 180 Å². The van der Waals surface area contributed by atoms with Gasteiger partial charge in [-0.2, -0.15) is 5.26 Å². The molecular formula is C24H23NO6. The first kappa shape index (κ1) is 23.4. The normalized spacial score (nSPS) is 9.94. The third kappa shape index (κ3) is 8.15. The Morgan fingerprint density at radius 3 is 2.13 bits per heavy atom. The zero-order chi connectivity index (χ0) is 22.6. The summed E-state index contributed by atoms with van der Waals surface area (Å²) in [5, 5.41) is 8.78. The fourth-order valence-corrected chi connectivity index (χ4v) is 2.44. The molecule has 0 saturated heterocycles. The summed E-state index contributed by atoms with van der Waals surface area (Å²) in [4.78, 5) is 35.3. The SMILES string of the molecule is C=C(C)C(=O)OCCCCCC(=O)Oc1ccc(C(=O)Oc2ccc(C#N)cc2)cc1.